The summed E-state index contributed by atoms with van der Waals surface area (Å²) in [5.74, 6) is -2.18. The SMILES string of the molecule is C[C@H]1CCc2nc(NC(=O)c3cc(F)c(F)cc3Cl)sc2C1. The van der Waals surface area contributed by atoms with Gasteiger partial charge in [0.1, 0.15) is 0 Å². The fraction of sp³-hybridized carbons (Fsp3) is 0.333. The summed E-state index contributed by atoms with van der Waals surface area (Å²) in [6, 6.07) is 1.59. The molecular weight excluding hydrogens is 330 g/mol. The maximum absolute atomic E-state index is 13.3. The van der Waals surface area contributed by atoms with E-state index in [0.717, 1.165) is 37.1 Å². The summed E-state index contributed by atoms with van der Waals surface area (Å²) in [5, 5.41) is 2.94. The third-order valence-corrected chi connectivity index (χ3v) is 5.01. The van der Waals surface area contributed by atoms with Crippen LogP contribution in [0, 0.1) is 17.6 Å². The van der Waals surface area contributed by atoms with Crippen molar-refractivity contribution in [1.29, 1.82) is 0 Å². The van der Waals surface area contributed by atoms with Crippen LogP contribution in [0.1, 0.15) is 34.3 Å². The number of carbonyl (C=O) groups excluding carboxylic acids is 1. The van der Waals surface area contributed by atoms with Gasteiger partial charge in [-0.3, -0.25) is 10.1 Å². The van der Waals surface area contributed by atoms with Crippen molar-refractivity contribution in [3.8, 4) is 0 Å². The number of aryl methyl sites for hydroxylation is 1. The highest BCUT2D eigenvalue weighted by molar-refractivity contribution is 7.15. The van der Waals surface area contributed by atoms with Crippen LogP contribution in [0.3, 0.4) is 0 Å². The molecule has 0 radical (unpaired) electrons. The van der Waals surface area contributed by atoms with Crippen LogP contribution < -0.4 is 5.32 Å². The third-order valence-electron chi connectivity index (χ3n) is 3.66. The molecule has 0 saturated heterocycles. The van der Waals surface area contributed by atoms with E-state index in [0.29, 0.717) is 11.0 Å². The molecule has 1 aromatic heterocycles. The molecule has 3 rings (SSSR count). The lowest BCUT2D eigenvalue weighted by Crippen LogP contribution is -2.13. The predicted molar refractivity (Wildman–Crippen MR) is 82.6 cm³/mol. The topological polar surface area (TPSA) is 42.0 Å². The molecule has 1 N–H and O–H groups in total. The number of anilines is 1. The van der Waals surface area contributed by atoms with E-state index in [2.05, 4.69) is 17.2 Å². The minimum Gasteiger partial charge on any atom is -0.298 e. The molecule has 1 aliphatic rings. The monoisotopic (exact) mass is 342 g/mol. The van der Waals surface area contributed by atoms with Crippen LogP contribution in [0.4, 0.5) is 13.9 Å². The Morgan fingerprint density at radius 2 is 2.14 bits per heavy atom. The zero-order valence-corrected chi connectivity index (χ0v) is 13.3. The number of fused-ring (bicyclic) bond motifs is 1. The van der Waals surface area contributed by atoms with E-state index in [1.807, 2.05) is 0 Å². The quantitative estimate of drug-likeness (QED) is 0.819. The van der Waals surface area contributed by atoms with Crippen LogP contribution in [0.15, 0.2) is 12.1 Å². The molecule has 0 fully saturated rings. The van der Waals surface area contributed by atoms with Gasteiger partial charge in [0.25, 0.3) is 5.91 Å². The summed E-state index contributed by atoms with van der Waals surface area (Å²) in [4.78, 5) is 17.7. The number of nitrogens with zero attached hydrogens (tertiary/aromatic N) is 1. The van der Waals surface area contributed by atoms with Crippen LogP contribution in [-0.4, -0.2) is 10.9 Å². The standard InChI is InChI=1S/C15H13ClF2N2OS/c1-7-2-3-12-13(4-7)22-15(19-12)20-14(21)8-5-10(17)11(18)6-9(8)16/h5-7H,2-4H2,1H3,(H,19,20,21)/t7-/m0/s1. The van der Waals surface area contributed by atoms with E-state index in [1.165, 1.54) is 16.2 Å². The highest BCUT2D eigenvalue weighted by atomic mass is 35.5. The van der Waals surface area contributed by atoms with E-state index < -0.39 is 17.5 Å². The van der Waals surface area contributed by atoms with Crippen LogP contribution >= 0.6 is 22.9 Å². The second kappa shape index (κ2) is 5.93. The Hall–Kier alpha value is -1.53. The summed E-state index contributed by atoms with van der Waals surface area (Å²) in [5.41, 5.74) is 0.900. The lowest BCUT2D eigenvalue weighted by atomic mass is 9.93. The molecule has 0 saturated carbocycles. The number of amides is 1. The van der Waals surface area contributed by atoms with Gasteiger partial charge < -0.3 is 0 Å². The fourth-order valence-electron chi connectivity index (χ4n) is 2.45. The molecule has 0 aliphatic heterocycles. The van der Waals surface area contributed by atoms with Crippen LogP contribution in [0.25, 0.3) is 0 Å². The molecule has 2 aromatic rings. The van der Waals surface area contributed by atoms with Crippen molar-refractivity contribution in [2.24, 2.45) is 5.92 Å². The molecule has 0 unspecified atom stereocenters. The number of nitrogens with one attached hydrogen (secondary N) is 1. The molecule has 1 aromatic carbocycles. The van der Waals surface area contributed by atoms with Crippen molar-refractivity contribution in [2.75, 3.05) is 5.32 Å². The minimum absolute atomic E-state index is 0.109. The second-order valence-electron chi connectivity index (χ2n) is 5.44. The first kappa shape index (κ1) is 15.4. The Morgan fingerprint density at radius 1 is 1.41 bits per heavy atom. The molecule has 1 amide bonds. The largest absolute Gasteiger partial charge is 0.298 e. The number of halogens is 3. The van der Waals surface area contributed by atoms with Crippen LogP contribution in [0.2, 0.25) is 5.02 Å². The lowest BCUT2D eigenvalue weighted by molar-refractivity contribution is 0.102. The summed E-state index contributed by atoms with van der Waals surface area (Å²) in [7, 11) is 0. The van der Waals surface area contributed by atoms with Gasteiger partial charge in [-0.2, -0.15) is 0 Å². The van der Waals surface area contributed by atoms with E-state index >= 15 is 0 Å². The highest BCUT2D eigenvalue weighted by Gasteiger charge is 2.21. The zero-order valence-electron chi connectivity index (χ0n) is 11.8. The van der Waals surface area contributed by atoms with E-state index in [-0.39, 0.29) is 10.6 Å². The van der Waals surface area contributed by atoms with Crippen molar-refractivity contribution in [3.63, 3.8) is 0 Å². The number of benzene rings is 1. The molecule has 1 heterocycles. The number of carbonyl (C=O) groups is 1. The van der Waals surface area contributed by atoms with Gasteiger partial charge in [-0.25, -0.2) is 13.8 Å². The maximum atomic E-state index is 13.3. The van der Waals surface area contributed by atoms with Crippen LogP contribution in [-0.2, 0) is 12.8 Å². The summed E-state index contributed by atoms with van der Waals surface area (Å²) in [6.07, 6.45) is 2.93. The molecule has 0 spiro atoms. The third kappa shape index (κ3) is 2.98. The summed E-state index contributed by atoms with van der Waals surface area (Å²) in [6.45, 7) is 2.18. The fourth-order valence-corrected chi connectivity index (χ4v) is 3.86. The Kier molecular flexibility index (Phi) is 4.14. The van der Waals surface area contributed by atoms with Crippen molar-refractivity contribution in [3.05, 3.63) is 44.9 Å². The van der Waals surface area contributed by atoms with Gasteiger partial charge in [-0.1, -0.05) is 18.5 Å². The van der Waals surface area contributed by atoms with Gasteiger partial charge >= 0.3 is 0 Å². The second-order valence-corrected chi connectivity index (χ2v) is 6.93. The van der Waals surface area contributed by atoms with E-state index in [1.54, 1.807) is 0 Å². The van der Waals surface area contributed by atoms with E-state index in [9.17, 15) is 13.6 Å². The first-order chi connectivity index (χ1) is 10.4. The van der Waals surface area contributed by atoms with Crippen molar-refractivity contribution < 1.29 is 13.6 Å². The van der Waals surface area contributed by atoms with E-state index in [4.69, 9.17) is 11.6 Å². The summed E-state index contributed by atoms with van der Waals surface area (Å²) < 4.78 is 26.3. The Labute approximate surface area is 135 Å². The van der Waals surface area contributed by atoms with Crippen molar-refractivity contribution in [2.45, 2.75) is 26.2 Å². The van der Waals surface area contributed by atoms with Gasteiger partial charge in [0.15, 0.2) is 16.8 Å². The smallest absolute Gasteiger partial charge is 0.259 e. The molecular formula is C15H13ClF2N2OS. The zero-order chi connectivity index (χ0) is 15.9. The molecule has 3 nitrogen and oxygen atoms in total. The Morgan fingerprint density at radius 3 is 2.91 bits per heavy atom. The predicted octanol–water partition coefficient (Wildman–Crippen LogP) is 4.45. The van der Waals surface area contributed by atoms with Crippen molar-refractivity contribution >= 4 is 34.0 Å². The number of hydrogen-bond acceptors (Lipinski definition) is 3. The Balaban J connectivity index is 1.82. The number of hydrogen-bond donors (Lipinski definition) is 1. The molecule has 0 bridgehead atoms. The number of aromatic nitrogens is 1. The molecule has 116 valence electrons. The average molecular weight is 343 g/mol. The first-order valence-corrected chi connectivity index (χ1v) is 8.08. The van der Waals surface area contributed by atoms with Crippen molar-refractivity contribution in [1.82, 2.24) is 4.98 Å². The van der Waals surface area contributed by atoms with Gasteiger partial charge in [0, 0.05) is 4.88 Å². The van der Waals surface area contributed by atoms with Gasteiger partial charge in [0.2, 0.25) is 0 Å². The normalized spacial score (nSPS) is 17.2. The van der Waals surface area contributed by atoms with Crippen LogP contribution in [0.5, 0.6) is 0 Å². The Bertz CT molecular complexity index is 747. The molecule has 22 heavy (non-hydrogen) atoms. The molecule has 7 heteroatoms. The maximum Gasteiger partial charge on any atom is 0.259 e. The van der Waals surface area contributed by atoms with Gasteiger partial charge in [-0.15, -0.1) is 11.3 Å². The average Bonchev–Trinajstić information content (AvgIpc) is 2.83. The molecule has 1 aliphatic carbocycles. The summed E-state index contributed by atoms with van der Waals surface area (Å²) >= 11 is 7.22. The van der Waals surface area contributed by atoms with Gasteiger partial charge in [-0.05, 0) is 37.3 Å². The highest BCUT2D eigenvalue weighted by Crippen LogP contribution is 2.32. The lowest BCUT2D eigenvalue weighted by Gasteiger charge is -2.15. The first-order valence-electron chi connectivity index (χ1n) is 6.88. The molecule has 1 atom stereocenters. The van der Waals surface area contributed by atoms with Gasteiger partial charge in [0.05, 0.1) is 16.3 Å². The number of thiazole rings is 1. The number of rotatable bonds is 2. The minimum atomic E-state index is -1.11.